The zero-order chi connectivity index (χ0) is 25.5. The number of carbonyl (C=O) groups excluding carboxylic acids is 2. The van der Waals surface area contributed by atoms with Crippen LogP contribution in [0, 0.1) is 0 Å². The van der Waals surface area contributed by atoms with Crippen LogP contribution in [0.1, 0.15) is 65.3 Å². The van der Waals surface area contributed by atoms with E-state index >= 15 is 0 Å². The monoisotopic (exact) mass is 512 g/mol. The Morgan fingerprint density at radius 3 is 2.36 bits per heavy atom. The fraction of sp³-hybridized carbons (Fsp3) is 0.481. The number of carbonyl (C=O) groups is 2. The summed E-state index contributed by atoms with van der Waals surface area (Å²) < 4.78 is 25.7. The van der Waals surface area contributed by atoms with E-state index < -0.39 is 10.0 Å². The number of nitrogens with zero attached hydrogens (tertiary/aromatic N) is 2. The third-order valence-corrected chi connectivity index (χ3v) is 8.93. The van der Waals surface area contributed by atoms with Crippen molar-refractivity contribution in [3.05, 3.63) is 65.2 Å². The molecule has 2 amide bonds. The maximum absolute atomic E-state index is 13.1. The minimum Gasteiger partial charge on any atom is -0.349 e. The van der Waals surface area contributed by atoms with E-state index in [1.165, 1.54) is 6.42 Å². The zero-order valence-electron chi connectivity index (χ0n) is 20.9. The standard InChI is InChI=1S/C27H36N4O4S/c1-2-36(34,35)31-17-15-30(16-18-31)20-21-9-8-10-22(19-21)26(32)29-25-14-7-6-13-24(25)27(33)28-23-11-4-3-5-12-23/h6-10,13-14,19,23H,2-5,11-12,15-18,20H2,1H3,(H,28,33)(H,29,32). The molecule has 2 N–H and O–H groups in total. The van der Waals surface area contributed by atoms with Crippen molar-refractivity contribution < 1.29 is 18.0 Å². The van der Waals surface area contributed by atoms with Gasteiger partial charge in [0.1, 0.15) is 0 Å². The quantitative estimate of drug-likeness (QED) is 0.564. The molecule has 8 nitrogen and oxygen atoms in total. The molecular weight excluding hydrogens is 476 g/mol. The van der Waals surface area contributed by atoms with Gasteiger partial charge in [-0.2, -0.15) is 4.31 Å². The molecule has 1 saturated carbocycles. The molecule has 2 aliphatic rings. The van der Waals surface area contributed by atoms with Gasteiger partial charge in [0.15, 0.2) is 0 Å². The Morgan fingerprint density at radius 2 is 1.64 bits per heavy atom. The number of para-hydroxylation sites is 1. The molecule has 9 heteroatoms. The first-order chi connectivity index (χ1) is 17.4. The first-order valence-electron chi connectivity index (χ1n) is 12.9. The van der Waals surface area contributed by atoms with E-state index in [0.717, 1.165) is 31.2 Å². The van der Waals surface area contributed by atoms with Crippen LogP contribution >= 0.6 is 0 Å². The van der Waals surface area contributed by atoms with Gasteiger partial charge in [-0.1, -0.05) is 43.5 Å². The van der Waals surface area contributed by atoms with E-state index in [-0.39, 0.29) is 23.6 Å². The van der Waals surface area contributed by atoms with Crippen LogP contribution in [0.15, 0.2) is 48.5 Å². The van der Waals surface area contributed by atoms with Crippen LogP contribution in [0.3, 0.4) is 0 Å². The predicted octanol–water partition coefficient (Wildman–Crippen LogP) is 3.47. The minimum absolute atomic E-state index is 0.121. The van der Waals surface area contributed by atoms with Gasteiger partial charge in [0.25, 0.3) is 11.8 Å². The summed E-state index contributed by atoms with van der Waals surface area (Å²) in [4.78, 5) is 28.2. The molecule has 0 bridgehead atoms. The number of nitrogens with one attached hydrogen (secondary N) is 2. The van der Waals surface area contributed by atoms with Gasteiger partial charge in [0, 0.05) is 44.3 Å². The SMILES string of the molecule is CCS(=O)(=O)N1CCN(Cc2cccc(C(=O)Nc3ccccc3C(=O)NC3CCCCC3)c2)CC1. The molecule has 0 atom stereocenters. The second-order valence-electron chi connectivity index (χ2n) is 9.58. The number of amides is 2. The lowest BCUT2D eigenvalue weighted by atomic mass is 9.95. The molecule has 0 spiro atoms. The molecule has 1 aliphatic carbocycles. The smallest absolute Gasteiger partial charge is 0.255 e. The average molecular weight is 513 g/mol. The van der Waals surface area contributed by atoms with Gasteiger partial charge >= 0.3 is 0 Å². The van der Waals surface area contributed by atoms with Crippen molar-refractivity contribution in [3.8, 4) is 0 Å². The van der Waals surface area contributed by atoms with Gasteiger partial charge in [0.05, 0.1) is 17.0 Å². The van der Waals surface area contributed by atoms with Gasteiger partial charge in [-0.25, -0.2) is 8.42 Å². The third-order valence-electron chi connectivity index (χ3n) is 7.05. The highest BCUT2D eigenvalue weighted by atomic mass is 32.2. The number of anilines is 1. The summed E-state index contributed by atoms with van der Waals surface area (Å²) >= 11 is 0. The Labute approximate surface area is 214 Å². The molecular formula is C27H36N4O4S. The fourth-order valence-electron chi connectivity index (χ4n) is 4.91. The summed E-state index contributed by atoms with van der Waals surface area (Å²) in [6, 6.07) is 14.7. The summed E-state index contributed by atoms with van der Waals surface area (Å²) in [6.45, 7) is 4.58. The van der Waals surface area contributed by atoms with Crippen LogP contribution < -0.4 is 10.6 Å². The Kier molecular flexibility index (Phi) is 8.77. The maximum atomic E-state index is 13.1. The molecule has 1 saturated heterocycles. The van der Waals surface area contributed by atoms with E-state index in [1.54, 1.807) is 35.5 Å². The molecule has 2 aromatic rings. The van der Waals surface area contributed by atoms with Crippen LogP contribution in [0.5, 0.6) is 0 Å². The van der Waals surface area contributed by atoms with Crippen LogP contribution in [-0.4, -0.2) is 67.4 Å². The number of hydrogen-bond donors (Lipinski definition) is 2. The summed E-state index contributed by atoms with van der Waals surface area (Å²) in [5, 5.41) is 6.04. The topological polar surface area (TPSA) is 98.8 Å². The number of piperazine rings is 1. The first kappa shape index (κ1) is 26.3. The zero-order valence-corrected chi connectivity index (χ0v) is 21.7. The highest BCUT2D eigenvalue weighted by molar-refractivity contribution is 7.89. The number of benzene rings is 2. The van der Waals surface area contributed by atoms with Crippen molar-refractivity contribution in [2.75, 3.05) is 37.2 Å². The average Bonchev–Trinajstić information content (AvgIpc) is 2.90. The number of rotatable bonds is 8. The first-order valence-corrected chi connectivity index (χ1v) is 14.5. The van der Waals surface area contributed by atoms with Crippen LogP contribution in [0.4, 0.5) is 5.69 Å². The van der Waals surface area contributed by atoms with Crippen LogP contribution in [0.2, 0.25) is 0 Å². The highest BCUT2D eigenvalue weighted by Gasteiger charge is 2.25. The van der Waals surface area contributed by atoms with Crippen molar-refractivity contribution in [1.82, 2.24) is 14.5 Å². The lowest BCUT2D eigenvalue weighted by molar-refractivity contribution is 0.0928. The molecule has 194 valence electrons. The summed E-state index contributed by atoms with van der Waals surface area (Å²) in [6.07, 6.45) is 5.47. The molecule has 0 aromatic heterocycles. The maximum Gasteiger partial charge on any atom is 0.255 e. The Bertz CT molecular complexity index is 1170. The molecule has 1 heterocycles. The lowest BCUT2D eigenvalue weighted by Gasteiger charge is -2.33. The van der Waals surface area contributed by atoms with E-state index in [1.807, 2.05) is 24.3 Å². The highest BCUT2D eigenvalue weighted by Crippen LogP contribution is 2.21. The largest absolute Gasteiger partial charge is 0.349 e. The van der Waals surface area contributed by atoms with E-state index in [9.17, 15) is 18.0 Å². The normalized spacial score (nSPS) is 18.0. The fourth-order valence-corrected chi connectivity index (χ4v) is 6.00. The molecule has 4 rings (SSSR count). The molecule has 0 radical (unpaired) electrons. The molecule has 2 aromatic carbocycles. The van der Waals surface area contributed by atoms with E-state index in [4.69, 9.17) is 0 Å². The number of sulfonamides is 1. The summed E-state index contributed by atoms with van der Waals surface area (Å²) in [7, 11) is -3.16. The van der Waals surface area contributed by atoms with E-state index in [2.05, 4.69) is 15.5 Å². The second-order valence-corrected chi connectivity index (χ2v) is 11.8. The predicted molar refractivity (Wildman–Crippen MR) is 141 cm³/mol. The van der Waals surface area contributed by atoms with Gasteiger partial charge in [-0.15, -0.1) is 0 Å². The van der Waals surface area contributed by atoms with Gasteiger partial charge in [-0.3, -0.25) is 14.5 Å². The lowest BCUT2D eigenvalue weighted by Crippen LogP contribution is -2.48. The van der Waals surface area contributed by atoms with Crippen LogP contribution in [0.25, 0.3) is 0 Å². The van der Waals surface area contributed by atoms with Crippen molar-refractivity contribution >= 4 is 27.5 Å². The minimum atomic E-state index is -3.16. The van der Waals surface area contributed by atoms with Crippen molar-refractivity contribution in [2.24, 2.45) is 0 Å². The van der Waals surface area contributed by atoms with Gasteiger partial charge in [0.2, 0.25) is 10.0 Å². The Balaban J connectivity index is 1.37. The Hall–Kier alpha value is -2.75. The molecule has 36 heavy (non-hydrogen) atoms. The van der Waals surface area contributed by atoms with Gasteiger partial charge in [-0.05, 0) is 49.6 Å². The number of hydrogen-bond acceptors (Lipinski definition) is 5. The summed E-state index contributed by atoms with van der Waals surface area (Å²) in [5.41, 5.74) is 2.46. The molecule has 2 fully saturated rings. The third kappa shape index (κ3) is 6.72. The van der Waals surface area contributed by atoms with Crippen LogP contribution in [-0.2, 0) is 16.6 Å². The van der Waals surface area contributed by atoms with Crippen molar-refractivity contribution in [1.29, 1.82) is 0 Å². The van der Waals surface area contributed by atoms with Crippen molar-refractivity contribution in [3.63, 3.8) is 0 Å². The summed E-state index contributed by atoms with van der Waals surface area (Å²) in [5.74, 6) is -0.306. The Morgan fingerprint density at radius 1 is 0.917 bits per heavy atom. The van der Waals surface area contributed by atoms with Gasteiger partial charge < -0.3 is 10.6 Å². The van der Waals surface area contributed by atoms with E-state index in [0.29, 0.717) is 49.5 Å². The molecule has 0 unspecified atom stereocenters. The van der Waals surface area contributed by atoms with Crippen molar-refractivity contribution in [2.45, 2.75) is 51.6 Å². The molecule has 1 aliphatic heterocycles. The second kappa shape index (κ2) is 12.0.